The van der Waals surface area contributed by atoms with E-state index < -0.39 is 0 Å². The average molecular weight is 160 g/mol. The quantitative estimate of drug-likeness (QED) is 0.492. The summed E-state index contributed by atoms with van der Waals surface area (Å²) >= 11 is 0. The minimum Gasteiger partial charge on any atom is -0.299 e. The molecular formula is C11H12O. The molecule has 0 radical (unpaired) electrons. The molecule has 0 saturated heterocycles. The maximum atomic E-state index is 11.6. The zero-order valence-electron chi connectivity index (χ0n) is 6.94. The van der Waals surface area contributed by atoms with E-state index in [0.29, 0.717) is 17.6 Å². The number of hydrogen-bond acceptors (Lipinski definition) is 1. The van der Waals surface area contributed by atoms with Crippen LogP contribution in [-0.4, -0.2) is 5.78 Å². The molecule has 0 aromatic carbocycles. The van der Waals surface area contributed by atoms with Gasteiger partial charge >= 0.3 is 0 Å². The lowest BCUT2D eigenvalue weighted by atomic mass is 9.79. The van der Waals surface area contributed by atoms with Crippen molar-refractivity contribution in [3.05, 3.63) is 12.2 Å². The van der Waals surface area contributed by atoms with E-state index in [1.54, 1.807) is 0 Å². The first kappa shape index (κ1) is 5.95. The van der Waals surface area contributed by atoms with Crippen LogP contribution in [0.1, 0.15) is 12.8 Å². The fourth-order valence-corrected chi connectivity index (χ4v) is 4.54. The molecular weight excluding hydrogens is 148 g/mol. The van der Waals surface area contributed by atoms with Crippen LogP contribution in [-0.2, 0) is 4.79 Å². The van der Waals surface area contributed by atoms with Gasteiger partial charge in [-0.05, 0) is 36.0 Å². The Kier molecular flexibility index (Phi) is 0.768. The van der Waals surface area contributed by atoms with Crippen molar-refractivity contribution >= 4 is 5.78 Å². The van der Waals surface area contributed by atoms with Crippen LogP contribution in [0.15, 0.2) is 12.2 Å². The number of ketones is 1. The van der Waals surface area contributed by atoms with Crippen LogP contribution in [0.5, 0.6) is 0 Å². The summed E-state index contributed by atoms with van der Waals surface area (Å²) in [6.07, 6.45) is 7.03. The highest BCUT2D eigenvalue weighted by Gasteiger charge is 2.64. The molecule has 0 spiro atoms. The molecule has 6 atom stereocenters. The first-order valence-electron chi connectivity index (χ1n) is 5.07. The minimum absolute atomic E-state index is 0.468. The molecule has 0 aliphatic heterocycles. The maximum Gasteiger partial charge on any atom is 0.137 e. The third-order valence-corrected chi connectivity index (χ3v) is 4.82. The lowest BCUT2D eigenvalue weighted by molar-refractivity contribution is -0.121. The fourth-order valence-electron chi connectivity index (χ4n) is 4.54. The van der Waals surface area contributed by atoms with Crippen LogP contribution >= 0.6 is 0 Å². The van der Waals surface area contributed by atoms with Gasteiger partial charge in [-0.3, -0.25) is 4.79 Å². The Morgan fingerprint density at radius 3 is 2.83 bits per heavy atom. The first-order chi connectivity index (χ1) is 5.86. The largest absolute Gasteiger partial charge is 0.299 e. The first-order valence-corrected chi connectivity index (χ1v) is 5.07. The molecule has 4 aliphatic carbocycles. The van der Waals surface area contributed by atoms with Crippen molar-refractivity contribution in [2.75, 3.05) is 0 Å². The number of carbonyl (C=O) groups is 1. The summed E-state index contributed by atoms with van der Waals surface area (Å²) in [4.78, 5) is 11.6. The van der Waals surface area contributed by atoms with Gasteiger partial charge in [-0.15, -0.1) is 0 Å². The zero-order valence-corrected chi connectivity index (χ0v) is 6.94. The van der Waals surface area contributed by atoms with Crippen molar-refractivity contribution < 1.29 is 4.79 Å². The van der Waals surface area contributed by atoms with Crippen LogP contribution in [0, 0.1) is 35.5 Å². The van der Waals surface area contributed by atoms with Gasteiger partial charge in [0.25, 0.3) is 0 Å². The van der Waals surface area contributed by atoms with Gasteiger partial charge in [0.15, 0.2) is 0 Å². The van der Waals surface area contributed by atoms with Crippen molar-refractivity contribution in [2.24, 2.45) is 35.5 Å². The van der Waals surface area contributed by atoms with Crippen molar-refractivity contribution in [1.29, 1.82) is 0 Å². The van der Waals surface area contributed by atoms with Gasteiger partial charge in [-0.2, -0.15) is 0 Å². The van der Waals surface area contributed by atoms with Crippen molar-refractivity contribution in [2.45, 2.75) is 12.8 Å². The normalized spacial score (nSPS) is 63.8. The number of fused-ring (bicyclic) bond motifs is 2. The predicted octanol–water partition coefficient (Wildman–Crippen LogP) is 1.64. The molecule has 0 aromatic heterocycles. The summed E-state index contributed by atoms with van der Waals surface area (Å²) in [5, 5.41) is 0. The molecule has 4 aliphatic rings. The molecule has 0 aromatic rings. The second-order valence-corrected chi connectivity index (χ2v) is 4.96. The molecule has 0 unspecified atom stereocenters. The van der Waals surface area contributed by atoms with E-state index in [4.69, 9.17) is 0 Å². The molecule has 0 heterocycles. The summed E-state index contributed by atoms with van der Waals surface area (Å²) in [5.41, 5.74) is 0. The monoisotopic (exact) mass is 160 g/mol. The second-order valence-electron chi connectivity index (χ2n) is 4.96. The lowest BCUT2D eigenvalue weighted by Gasteiger charge is -2.24. The van der Waals surface area contributed by atoms with E-state index in [9.17, 15) is 4.79 Å². The number of Topliss-reactive ketones (excluding diaryl/α,β-unsaturated/α-hetero) is 1. The number of allylic oxidation sites excluding steroid dienone is 2. The van der Waals surface area contributed by atoms with Crippen LogP contribution in [0.3, 0.4) is 0 Å². The Bertz CT molecular complexity index is 304. The Labute approximate surface area is 71.8 Å². The number of carbonyl (C=O) groups excluding carboxylic acids is 1. The van der Waals surface area contributed by atoms with E-state index in [-0.39, 0.29) is 0 Å². The Balaban J connectivity index is 1.97. The molecule has 1 heteroatoms. The van der Waals surface area contributed by atoms with E-state index in [0.717, 1.165) is 30.1 Å². The highest BCUT2D eigenvalue weighted by Crippen LogP contribution is 2.67. The van der Waals surface area contributed by atoms with Crippen molar-refractivity contribution in [3.63, 3.8) is 0 Å². The van der Waals surface area contributed by atoms with Crippen molar-refractivity contribution in [3.8, 4) is 0 Å². The number of hydrogen-bond donors (Lipinski definition) is 0. The van der Waals surface area contributed by atoms with Gasteiger partial charge in [-0.25, -0.2) is 0 Å². The molecule has 3 saturated carbocycles. The van der Waals surface area contributed by atoms with Gasteiger partial charge in [0.1, 0.15) is 5.78 Å². The molecule has 0 amide bonds. The summed E-state index contributed by atoms with van der Waals surface area (Å²) in [5.74, 6) is 4.99. The van der Waals surface area contributed by atoms with E-state index in [1.165, 1.54) is 6.42 Å². The van der Waals surface area contributed by atoms with Gasteiger partial charge in [0, 0.05) is 12.3 Å². The predicted molar refractivity (Wildman–Crippen MR) is 44.3 cm³/mol. The molecule has 0 N–H and O–H groups in total. The molecule has 62 valence electrons. The summed E-state index contributed by atoms with van der Waals surface area (Å²) in [6, 6.07) is 0. The molecule has 2 bridgehead atoms. The van der Waals surface area contributed by atoms with Gasteiger partial charge in [-0.1, -0.05) is 12.2 Å². The summed E-state index contributed by atoms with van der Waals surface area (Å²) < 4.78 is 0. The second kappa shape index (κ2) is 1.55. The highest BCUT2D eigenvalue weighted by molar-refractivity contribution is 5.86. The minimum atomic E-state index is 0.468. The van der Waals surface area contributed by atoms with E-state index in [2.05, 4.69) is 12.2 Å². The van der Waals surface area contributed by atoms with E-state index in [1.807, 2.05) is 0 Å². The van der Waals surface area contributed by atoms with Gasteiger partial charge in [0.05, 0.1) is 0 Å². The third kappa shape index (κ3) is 0.408. The topological polar surface area (TPSA) is 17.1 Å². The zero-order chi connectivity index (χ0) is 7.87. The Morgan fingerprint density at radius 2 is 1.92 bits per heavy atom. The molecule has 1 nitrogen and oxygen atoms in total. The van der Waals surface area contributed by atoms with Gasteiger partial charge < -0.3 is 0 Å². The van der Waals surface area contributed by atoms with Crippen LogP contribution in [0.4, 0.5) is 0 Å². The maximum absolute atomic E-state index is 11.6. The Hall–Kier alpha value is -0.590. The molecule has 4 rings (SSSR count). The van der Waals surface area contributed by atoms with Crippen LogP contribution in [0.2, 0.25) is 0 Å². The fraction of sp³-hybridized carbons (Fsp3) is 0.727. The van der Waals surface area contributed by atoms with Crippen LogP contribution in [0.25, 0.3) is 0 Å². The van der Waals surface area contributed by atoms with E-state index >= 15 is 0 Å². The smallest absolute Gasteiger partial charge is 0.137 e. The third-order valence-electron chi connectivity index (χ3n) is 4.82. The van der Waals surface area contributed by atoms with Gasteiger partial charge in [0.2, 0.25) is 0 Å². The molecule has 3 fully saturated rings. The SMILES string of the molecule is O=C1C[C@@H]2[C@@H]3C=C[C@H]4[C@@H]3C[C@@H]2[C@@H]14. The van der Waals surface area contributed by atoms with Crippen molar-refractivity contribution in [1.82, 2.24) is 0 Å². The lowest BCUT2D eigenvalue weighted by Crippen LogP contribution is -2.23. The van der Waals surface area contributed by atoms with Crippen LogP contribution < -0.4 is 0 Å². The molecule has 12 heavy (non-hydrogen) atoms. The summed E-state index contributed by atoms with van der Waals surface area (Å²) in [7, 11) is 0. The number of rotatable bonds is 0. The standard InChI is InChI=1S/C11H12O/c12-10-4-8-5-1-2-6-7(5)3-9(8)11(6)10/h1-2,5-9,11H,3-4H2/t5-,6+,7-,8-,9+,11+/m1/s1. The Morgan fingerprint density at radius 1 is 1.08 bits per heavy atom. The average Bonchev–Trinajstić information content (AvgIpc) is 2.58. The summed E-state index contributed by atoms with van der Waals surface area (Å²) in [6.45, 7) is 0. The highest BCUT2D eigenvalue weighted by atomic mass is 16.1.